The van der Waals surface area contributed by atoms with Crippen LogP contribution in [0.15, 0.2) is 0 Å². The molecule has 4 nitrogen and oxygen atoms in total. The Morgan fingerprint density at radius 1 is 1.17 bits per heavy atom. The summed E-state index contributed by atoms with van der Waals surface area (Å²) in [6, 6.07) is 0. The van der Waals surface area contributed by atoms with Crippen LogP contribution in [0.25, 0.3) is 0 Å². The van der Waals surface area contributed by atoms with Crippen molar-refractivity contribution in [2.75, 3.05) is 0 Å². The maximum Gasteiger partial charge on any atom is 0.729 e. The minimum atomic E-state index is -4.70. The lowest BCUT2D eigenvalue weighted by Crippen LogP contribution is -2.49. The predicted octanol–water partition coefficient (Wildman–Crippen LogP) is 0.241. The summed E-state index contributed by atoms with van der Waals surface area (Å²) in [6.45, 7) is 0. The molecule has 0 aromatic heterocycles. The third-order valence-electron chi connectivity index (χ3n) is 2.02. The third kappa shape index (κ3) is 0.820. The highest BCUT2D eigenvalue weighted by molar-refractivity contribution is 6.58. The van der Waals surface area contributed by atoms with Gasteiger partial charge in [0.1, 0.15) is 0 Å². The van der Waals surface area contributed by atoms with Gasteiger partial charge in [0, 0.05) is 0 Å². The molecular formula is C5H4BF2O4-. The Morgan fingerprint density at radius 2 is 1.58 bits per heavy atom. The molecule has 1 aliphatic carbocycles. The third-order valence-corrected chi connectivity index (χ3v) is 2.02. The van der Waals surface area contributed by atoms with Crippen molar-refractivity contribution < 1.29 is 27.5 Å². The van der Waals surface area contributed by atoms with E-state index < -0.39 is 24.5 Å². The lowest BCUT2D eigenvalue weighted by Gasteiger charge is -2.34. The van der Waals surface area contributed by atoms with Gasteiger partial charge in [-0.1, -0.05) is 0 Å². The van der Waals surface area contributed by atoms with E-state index >= 15 is 0 Å². The van der Waals surface area contributed by atoms with Crippen LogP contribution in [0.4, 0.5) is 8.63 Å². The molecule has 0 aromatic rings. The highest BCUT2D eigenvalue weighted by Crippen LogP contribution is 2.51. The molecular weight excluding hydrogens is 173 g/mol. The van der Waals surface area contributed by atoms with Gasteiger partial charge in [-0.2, -0.15) is 0 Å². The van der Waals surface area contributed by atoms with Crippen LogP contribution in [0.3, 0.4) is 0 Å². The molecule has 0 N–H and O–H groups in total. The highest BCUT2D eigenvalue weighted by atomic mass is 19.3. The molecule has 0 atom stereocenters. The first-order chi connectivity index (χ1) is 5.46. The fourth-order valence-electron chi connectivity index (χ4n) is 1.12. The van der Waals surface area contributed by atoms with Gasteiger partial charge in [-0.25, -0.2) is 0 Å². The Balaban J connectivity index is 2.26. The number of carbonyl (C=O) groups excluding carboxylic acids is 2. The lowest BCUT2D eigenvalue weighted by molar-refractivity contribution is -0.168. The molecule has 1 spiro atoms. The summed E-state index contributed by atoms with van der Waals surface area (Å²) in [5.74, 6) is -2.30. The maximum absolute atomic E-state index is 12.3. The molecule has 0 radical (unpaired) electrons. The average Bonchev–Trinajstić information content (AvgIpc) is 2.59. The summed E-state index contributed by atoms with van der Waals surface area (Å²) in [5.41, 5.74) is -1.39. The van der Waals surface area contributed by atoms with Crippen molar-refractivity contribution >= 4 is 19.0 Å². The zero-order valence-electron chi connectivity index (χ0n) is 5.88. The number of carbonyl (C=O) groups is 2. The number of hydrogen-bond acceptors (Lipinski definition) is 4. The SMILES string of the molecule is O=C1O[B-](F)(F)OC(=O)C12CC2. The van der Waals surface area contributed by atoms with Gasteiger partial charge in [-0.15, -0.1) is 0 Å². The first-order valence-electron chi connectivity index (χ1n) is 3.43. The summed E-state index contributed by atoms with van der Waals surface area (Å²) in [7, 11) is -4.70. The summed E-state index contributed by atoms with van der Waals surface area (Å²) in [4.78, 5) is 21.6. The van der Waals surface area contributed by atoms with E-state index in [0.717, 1.165) is 0 Å². The molecule has 1 saturated carbocycles. The van der Waals surface area contributed by atoms with E-state index in [2.05, 4.69) is 9.31 Å². The van der Waals surface area contributed by atoms with E-state index in [1.54, 1.807) is 0 Å². The number of rotatable bonds is 0. The average molecular weight is 177 g/mol. The zero-order chi connectivity index (χ0) is 8.98. The first-order valence-corrected chi connectivity index (χ1v) is 3.43. The van der Waals surface area contributed by atoms with Gasteiger partial charge in [0.25, 0.3) is 11.9 Å². The Hall–Kier alpha value is -1.14. The van der Waals surface area contributed by atoms with Gasteiger partial charge in [-0.3, -0.25) is 9.59 Å². The molecule has 0 aromatic carbocycles. The molecule has 0 unspecified atom stereocenters. The van der Waals surface area contributed by atoms with E-state index in [4.69, 9.17) is 0 Å². The van der Waals surface area contributed by atoms with Crippen LogP contribution in [-0.2, 0) is 18.9 Å². The van der Waals surface area contributed by atoms with Crippen LogP contribution < -0.4 is 0 Å². The maximum atomic E-state index is 12.3. The van der Waals surface area contributed by atoms with Crippen molar-refractivity contribution in [1.29, 1.82) is 0 Å². The Bertz CT molecular complexity index is 251. The van der Waals surface area contributed by atoms with E-state index in [-0.39, 0.29) is 12.8 Å². The topological polar surface area (TPSA) is 52.6 Å². The van der Waals surface area contributed by atoms with Crippen LogP contribution >= 0.6 is 0 Å². The minimum absolute atomic E-state index is 0.247. The molecule has 0 bridgehead atoms. The largest absolute Gasteiger partial charge is 0.729 e. The molecule has 1 saturated heterocycles. The molecule has 2 rings (SSSR count). The minimum Gasteiger partial charge on any atom is -0.600 e. The standard InChI is InChI=1S/C5H4BF2O4/c7-6(8)11-3(9)5(1-2-5)4(10)12-6/h1-2H2/q-1. The second-order valence-electron chi connectivity index (χ2n) is 2.93. The van der Waals surface area contributed by atoms with Crippen molar-refractivity contribution in [3.63, 3.8) is 0 Å². The van der Waals surface area contributed by atoms with Gasteiger partial charge in [0.2, 0.25) is 0 Å². The van der Waals surface area contributed by atoms with Gasteiger partial charge < -0.3 is 17.9 Å². The predicted molar refractivity (Wildman–Crippen MR) is 31.8 cm³/mol. The van der Waals surface area contributed by atoms with Gasteiger partial charge >= 0.3 is 7.11 Å². The fourth-order valence-corrected chi connectivity index (χ4v) is 1.12. The normalized spacial score (nSPS) is 29.5. The second kappa shape index (κ2) is 1.78. The van der Waals surface area contributed by atoms with Crippen molar-refractivity contribution in [2.24, 2.45) is 5.41 Å². The van der Waals surface area contributed by atoms with Crippen molar-refractivity contribution in [1.82, 2.24) is 0 Å². The van der Waals surface area contributed by atoms with Crippen LogP contribution in [-0.4, -0.2) is 19.0 Å². The molecule has 2 fully saturated rings. The molecule has 2 aliphatic rings. The van der Waals surface area contributed by atoms with Crippen LogP contribution in [0.2, 0.25) is 0 Å². The Labute approximate surface area is 65.9 Å². The number of hydrogen-bond donors (Lipinski definition) is 0. The molecule has 1 heterocycles. The van der Waals surface area contributed by atoms with E-state index in [9.17, 15) is 18.2 Å². The molecule has 66 valence electrons. The molecule has 12 heavy (non-hydrogen) atoms. The quantitative estimate of drug-likeness (QED) is 0.392. The smallest absolute Gasteiger partial charge is 0.600 e. The summed E-state index contributed by atoms with van der Waals surface area (Å²) in [5, 5.41) is 0. The van der Waals surface area contributed by atoms with Crippen molar-refractivity contribution in [2.45, 2.75) is 12.8 Å². The first kappa shape index (κ1) is 7.51. The Morgan fingerprint density at radius 3 is 1.92 bits per heavy atom. The van der Waals surface area contributed by atoms with E-state index in [0.29, 0.717) is 0 Å². The van der Waals surface area contributed by atoms with E-state index in [1.165, 1.54) is 0 Å². The summed E-state index contributed by atoms with van der Waals surface area (Å²) in [6.07, 6.45) is 0.494. The Kier molecular flexibility index (Phi) is 1.11. The van der Waals surface area contributed by atoms with Crippen LogP contribution in [0.5, 0.6) is 0 Å². The molecule has 7 heteroatoms. The second-order valence-corrected chi connectivity index (χ2v) is 2.93. The zero-order valence-corrected chi connectivity index (χ0v) is 5.88. The van der Waals surface area contributed by atoms with Crippen LogP contribution in [0.1, 0.15) is 12.8 Å². The monoisotopic (exact) mass is 177 g/mol. The van der Waals surface area contributed by atoms with E-state index in [1.807, 2.05) is 0 Å². The molecule has 1 aliphatic heterocycles. The van der Waals surface area contributed by atoms with Crippen molar-refractivity contribution in [3.8, 4) is 0 Å². The summed E-state index contributed by atoms with van der Waals surface area (Å²) < 4.78 is 31.8. The number of halogens is 2. The van der Waals surface area contributed by atoms with Gasteiger partial charge in [0.05, 0.1) is 0 Å². The summed E-state index contributed by atoms with van der Waals surface area (Å²) >= 11 is 0. The molecule has 0 amide bonds. The highest BCUT2D eigenvalue weighted by Gasteiger charge is 2.64. The van der Waals surface area contributed by atoms with Gasteiger partial charge in [0.15, 0.2) is 5.41 Å². The lowest BCUT2D eigenvalue weighted by atomic mass is 10.0. The van der Waals surface area contributed by atoms with Gasteiger partial charge in [-0.05, 0) is 12.8 Å². The van der Waals surface area contributed by atoms with Crippen molar-refractivity contribution in [3.05, 3.63) is 0 Å². The fraction of sp³-hybridized carbons (Fsp3) is 0.600. The van der Waals surface area contributed by atoms with Crippen LogP contribution in [0, 0.1) is 5.41 Å².